The van der Waals surface area contributed by atoms with Crippen molar-refractivity contribution in [1.29, 1.82) is 0 Å². The summed E-state index contributed by atoms with van der Waals surface area (Å²) in [6.45, 7) is 0.0673. The van der Waals surface area contributed by atoms with Crippen molar-refractivity contribution in [2.24, 2.45) is 5.84 Å². The molecule has 0 saturated heterocycles. The van der Waals surface area contributed by atoms with Crippen LogP contribution in [0.25, 0.3) is 10.2 Å². The fraction of sp³-hybridized carbons (Fsp3) is 0.0909. The maximum absolute atomic E-state index is 11.7. The van der Waals surface area contributed by atoms with Crippen molar-refractivity contribution < 1.29 is 0 Å². The van der Waals surface area contributed by atoms with Crippen molar-refractivity contribution in [1.82, 2.24) is 19.5 Å². The Labute approximate surface area is 126 Å². The second kappa shape index (κ2) is 5.28. The van der Waals surface area contributed by atoms with E-state index < -0.39 is 11.2 Å². The van der Waals surface area contributed by atoms with E-state index in [2.05, 4.69) is 20.4 Å². The Kier molecular flexibility index (Phi) is 3.45. The third kappa shape index (κ3) is 2.53. The van der Waals surface area contributed by atoms with Gasteiger partial charge in [0, 0.05) is 6.20 Å². The average Bonchev–Trinajstić information content (AvgIpc) is 2.92. The lowest BCUT2D eigenvalue weighted by Gasteiger charge is -2.07. The number of aromatic amines is 1. The zero-order valence-electron chi connectivity index (χ0n) is 10.5. The van der Waals surface area contributed by atoms with Crippen molar-refractivity contribution in [2.75, 3.05) is 5.43 Å². The first-order chi connectivity index (χ1) is 10.1. The van der Waals surface area contributed by atoms with Crippen LogP contribution in [0.3, 0.4) is 0 Å². The number of nitrogens with zero attached hydrogens (tertiary/aromatic N) is 3. The average molecular weight is 325 g/mol. The number of halogens is 1. The molecule has 3 rings (SSSR count). The molecule has 0 bridgehead atoms. The van der Waals surface area contributed by atoms with E-state index in [9.17, 15) is 9.59 Å². The number of anilines is 1. The van der Waals surface area contributed by atoms with Crippen LogP contribution < -0.4 is 22.5 Å². The maximum Gasteiger partial charge on any atom is 0.328 e. The summed E-state index contributed by atoms with van der Waals surface area (Å²) >= 11 is 7.15. The normalized spacial score (nSPS) is 11.0. The fourth-order valence-electron chi connectivity index (χ4n) is 1.83. The van der Waals surface area contributed by atoms with Crippen LogP contribution in [0.2, 0.25) is 5.02 Å². The Morgan fingerprint density at radius 1 is 1.43 bits per heavy atom. The van der Waals surface area contributed by atoms with Crippen molar-refractivity contribution >= 4 is 39.0 Å². The highest BCUT2D eigenvalue weighted by Gasteiger charge is 2.10. The minimum atomic E-state index is -0.628. The third-order valence-corrected chi connectivity index (χ3v) is 3.86. The van der Waals surface area contributed by atoms with E-state index >= 15 is 0 Å². The van der Waals surface area contributed by atoms with E-state index in [1.54, 1.807) is 0 Å². The van der Waals surface area contributed by atoms with Crippen LogP contribution in [-0.4, -0.2) is 19.5 Å². The van der Waals surface area contributed by atoms with E-state index in [4.69, 9.17) is 17.4 Å². The van der Waals surface area contributed by atoms with Crippen LogP contribution in [0.1, 0.15) is 5.82 Å². The number of hydrazine groups is 1. The van der Waals surface area contributed by atoms with Crippen molar-refractivity contribution in [3.8, 4) is 0 Å². The molecule has 0 aliphatic rings. The van der Waals surface area contributed by atoms with Crippen LogP contribution in [-0.2, 0) is 6.54 Å². The van der Waals surface area contributed by atoms with Gasteiger partial charge in [0.1, 0.15) is 9.85 Å². The first-order valence-corrected chi connectivity index (χ1v) is 7.04. The van der Waals surface area contributed by atoms with Gasteiger partial charge < -0.3 is 5.43 Å². The third-order valence-electron chi connectivity index (χ3n) is 2.79. The minimum absolute atomic E-state index is 0.0673. The van der Waals surface area contributed by atoms with Crippen LogP contribution >= 0.6 is 22.9 Å². The van der Waals surface area contributed by atoms with E-state index in [1.165, 1.54) is 22.1 Å². The molecule has 0 atom stereocenters. The standard InChI is InChI=1S/C11H9ClN6O2S/c12-6-3-18(11(20)16-9(6)19)4-7-14-8(17-13)5-1-2-21-10(5)15-7/h1-3H,4,13H2,(H,14,15,17)(H,16,19,20). The lowest BCUT2D eigenvalue weighted by Crippen LogP contribution is -2.30. The lowest BCUT2D eigenvalue weighted by atomic mass is 10.4. The van der Waals surface area contributed by atoms with Gasteiger partial charge in [-0.1, -0.05) is 11.6 Å². The molecule has 0 fully saturated rings. The van der Waals surface area contributed by atoms with Gasteiger partial charge in [-0.25, -0.2) is 20.6 Å². The molecule has 0 amide bonds. The summed E-state index contributed by atoms with van der Waals surface area (Å²) in [5, 5.41) is 2.59. The number of thiophene rings is 1. The van der Waals surface area contributed by atoms with Crippen LogP contribution in [0.4, 0.5) is 5.82 Å². The van der Waals surface area contributed by atoms with E-state index in [0.29, 0.717) is 11.6 Å². The first kappa shape index (κ1) is 13.7. The van der Waals surface area contributed by atoms with Gasteiger partial charge in [0.15, 0.2) is 11.6 Å². The van der Waals surface area contributed by atoms with Gasteiger partial charge in [-0.3, -0.25) is 14.3 Å². The summed E-state index contributed by atoms with van der Waals surface area (Å²) in [4.78, 5) is 34.4. The SMILES string of the molecule is NNc1nc(Cn2cc(Cl)c(=O)[nH]c2=O)nc2sccc12. The van der Waals surface area contributed by atoms with Gasteiger partial charge in [-0.15, -0.1) is 11.3 Å². The number of fused-ring (bicyclic) bond motifs is 1. The molecular formula is C11H9ClN6O2S. The fourth-order valence-corrected chi connectivity index (χ4v) is 2.78. The molecule has 0 unspecified atom stereocenters. The van der Waals surface area contributed by atoms with Crippen LogP contribution in [0.15, 0.2) is 27.2 Å². The Hall–Kier alpha value is -2.23. The molecule has 8 nitrogen and oxygen atoms in total. The molecule has 0 saturated carbocycles. The van der Waals surface area contributed by atoms with Crippen molar-refractivity contribution in [3.63, 3.8) is 0 Å². The largest absolute Gasteiger partial charge is 0.328 e. The highest BCUT2D eigenvalue weighted by atomic mass is 35.5. The van der Waals surface area contributed by atoms with Crippen LogP contribution in [0.5, 0.6) is 0 Å². The summed E-state index contributed by atoms with van der Waals surface area (Å²) in [6, 6.07) is 1.85. The zero-order chi connectivity index (χ0) is 15.0. The number of hydrogen-bond donors (Lipinski definition) is 3. The second-order valence-corrected chi connectivity index (χ2v) is 5.44. The highest BCUT2D eigenvalue weighted by molar-refractivity contribution is 7.16. The molecule has 3 heterocycles. The van der Waals surface area contributed by atoms with Gasteiger partial charge in [0.05, 0.1) is 11.9 Å². The summed E-state index contributed by atoms with van der Waals surface area (Å²) < 4.78 is 1.22. The van der Waals surface area contributed by atoms with E-state index in [-0.39, 0.29) is 11.6 Å². The number of nitrogens with two attached hydrogens (primary N) is 1. The predicted molar refractivity (Wildman–Crippen MR) is 80.7 cm³/mol. The molecule has 10 heteroatoms. The van der Waals surface area contributed by atoms with Gasteiger partial charge in [0.25, 0.3) is 5.56 Å². The zero-order valence-corrected chi connectivity index (χ0v) is 12.0. The molecule has 3 aromatic rings. The quantitative estimate of drug-likeness (QED) is 0.477. The Bertz CT molecular complexity index is 930. The van der Waals surface area contributed by atoms with Crippen molar-refractivity contribution in [3.05, 3.63) is 49.3 Å². The summed E-state index contributed by atoms with van der Waals surface area (Å²) in [5.41, 5.74) is 1.29. The smallest absolute Gasteiger partial charge is 0.308 e. The van der Waals surface area contributed by atoms with Gasteiger partial charge >= 0.3 is 5.69 Å². The number of H-pyrrole nitrogens is 1. The Morgan fingerprint density at radius 3 is 3.00 bits per heavy atom. The summed E-state index contributed by atoms with van der Waals surface area (Å²) in [5.74, 6) is 6.29. The maximum atomic E-state index is 11.7. The Morgan fingerprint density at radius 2 is 2.24 bits per heavy atom. The van der Waals surface area contributed by atoms with E-state index in [1.807, 2.05) is 11.4 Å². The molecule has 4 N–H and O–H groups in total. The molecule has 108 valence electrons. The van der Waals surface area contributed by atoms with Gasteiger partial charge in [0.2, 0.25) is 0 Å². The number of aromatic nitrogens is 4. The topological polar surface area (TPSA) is 119 Å². The highest BCUT2D eigenvalue weighted by Crippen LogP contribution is 2.24. The second-order valence-electron chi connectivity index (χ2n) is 4.14. The van der Waals surface area contributed by atoms with Gasteiger partial charge in [-0.05, 0) is 11.4 Å². The van der Waals surface area contributed by atoms with Crippen molar-refractivity contribution in [2.45, 2.75) is 6.54 Å². The predicted octanol–water partition coefficient (Wildman–Crippen LogP) is 0.529. The monoisotopic (exact) mass is 324 g/mol. The lowest BCUT2D eigenvalue weighted by molar-refractivity contribution is 0.690. The first-order valence-electron chi connectivity index (χ1n) is 5.78. The number of nitrogens with one attached hydrogen (secondary N) is 2. The Balaban J connectivity index is 2.08. The number of rotatable bonds is 3. The molecular weight excluding hydrogens is 316 g/mol. The molecule has 0 aromatic carbocycles. The number of hydrogen-bond acceptors (Lipinski definition) is 7. The molecule has 0 aliphatic heterocycles. The summed E-state index contributed by atoms with van der Waals surface area (Å²) in [7, 11) is 0. The summed E-state index contributed by atoms with van der Waals surface area (Å²) in [6.07, 6.45) is 1.25. The molecule has 3 aromatic heterocycles. The van der Waals surface area contributed by atoms with E-state index in [0.717, 1.165) is 10.2 Å². The molecule has 0 spiro atoms. The van der Waals surface area contributed by atoms with Gasteiger partial charge in [-0.2, -0.15) is 0 Å². The molecule has 0 aliphatic carbocycles. The minimum Gasteiger partial charge on any atom is -0.308 e. The molecule has 21 heavy (non-hydrogen) atoms. The number of nitrogen functional groups attached to an aromatic ring is 1. The van der Waals surface area contributed by atoms with Crippen LogP contribution in [0, 0.1) is 0 Å². The molecule has 0 radical (unpaired) electrons.